The van der Waals surface area contributed by atoms with Crippen LogP contribution in [0.2, 0.25) is 0 Å². The minimum atomic E-state index is -0.686. The fourth-order valence-corrected chi connectivity index (χ4v) is 4.67. The molecule has 0 spiro atoms. The predicted octanol–water partition coefficient (Wildman–Crippen LogP) is 3.31. The monoisotopic (exact) mass is 377 g/mol. The van der Waals surface area contributed by atoms with E-state index in [0.29, 0.717) is 18.5 Å². The van der Waals surface area contributed by atoms with Crippen molar-refractivity contribution in [1.29, 1.82) is 0 Å². The maximum atomic E-state index is 11.7. The van der Waals surface area contributed by atoms with E-state index in [4.69, 9.17) is 0 Å². The maximum absolute atomic E-state index is 11.7. The molecule has 23 heavy (non-hydrogen) atoms. The third kappa shape index (κ3) is 2.68. The summed E-state index contributed by atoms with van der Waals surface area (Å²) < 4.78 is 3.05. The van der Waals surface area contributed by atoms with Crippen molar-refractivity contribution in [3.63, 3.8) is 0 Å². The van der Waals surface area contributed by atoms with Crippen LogP contribution in [0.3, 0.4) is 0 Å². The first-order chi connectivity index (χ1) is 11.1. The molecule has 2 aromatic heterocycles. The van der Waals surface area contributed by atoms with Crippen LogP contribution in [0, 0.1) is 5.92 Å². The van der Waals surface area contributed by atoms with E-state index in [0.717, 1.165) is 28.7 Å². The molecule has 3 unspecified atom stereocenters. The first kappa shape index (κ1) is 15.1. The van der Waals surface area contributed by atoms with Crippen LogP contribution in [-0.4, -0.2) is 37.4 Å². The van der Waals surface area contributed by atoms with Crippen LogP contribution >= 0.6 is 15.9 Å². The molecule has 1 aliphatic carbocycles. The summed E-state index contributed by atoms with van der Waals surface area (Å²) in [6.45, 7) is 0.649. The van der Waals surface area contributed by atoms with Crippen molar-refractivity contribution >= 4 is 27.5 Å². The molecule has 4 rings (SSSR count). The minimum absolute atomic E-state index is 0.360. The number of carbonyl (C=O) groups is 1. The number of imidazole rings is 1. The fraction of sp³-hybridized carbons (Fsp3) is 0.529. The third-order valence-electron chi connectivity index (χ3n) is 5.40. The van der Waals surface area contributed by atoms with Gasteiger partial charge >= 0.3 is 5.97 Å². The molecule has 2 aliphatic rings. The lowest BCUT2D eigenvalue weighted by Gasteiger charge is -2.32. The summed E-state index contributed by atoms with van der Waals surface area (Å²) in [5.41, 5.74) is 1.95. The van der Waals surface area contributed by atoms with Gasteiger partial charge in [-0.05, 0) is 53.2 Å². The Morgan fingerprint density at radius 2 is 2.17 bits per heavy atom. The second-order valence-corrected chi connectivity index (χ2v) is 7.61. The van der Waals surface area contributed by atoms with Gasteiger partial charge in [-0.2, -0.15) is 0 Å². The molecule has 6 heteroatoms. The van der Waals surface area contributed by atoms with Gasteiger partial charge in [0.15, 0.2) is 0 Å². The molecule has 0 amide bonds. The van der Waals surface area contributed by atoms with Crippen molar-refractivity contribution in [3.05, 3.63) is 34.7 Å². The van der Waals surface area contributed by atoms with Gasteiger partial charge in [0, 0.05) is 23.3 Å². The largest absolute Gasteiger partial charge is 0.480 e. The zero-order chi connectivity index (χ0) is 16.0. The van der Waals surface area contributed by atoms with E-state index in [1.54, 1.807) is 0 Å². The zero-order valence-electron chi connectivity index (χ0n) is 12.9. The number of pyridine rings is 1. The van der Waals surface area contributed by atoms with E-state index in [1.807, 2.05) is 24.5 Å². The Balaban J connectivity index is 1.66. The van der Waals surface area contributed by atoms with Crippen molar-refractivity contribution in [2.75, 3.05) is 0 Å². The predicted molar refractivity (Wildman–Crippen MR) is 90.2 cm³/mol. The van der Waals surface area contributed by atoms with E-state index in [2.05, 4.69) is 30.2 Å². The zero-order valence-corrected chi connectivity index (χ0v) is 14.4. The molecule has 0 radical (unpaired) electrons. The third-order valence-corrected chi connectivity index (χ3v) is 5.87. The van der Waals surface area contributed by atoms with Crippen LogP contribution in [0.15, 0.2) is 29.0 Å². The summed E-state index contributed by atoms with van der Waals surface area (Å²) in [6.07, 6.45) is 9.41. The summed E-state index contributed by atoms with van der Waals surface area (Å²) in [6, 6.07) is 3.98. The number of halogens is 1. The highest BCUT2D eigenvalue weighted by Crippen LogP contribution is 2.40. The molecule has 3 atom stereocenters. The summed E-state index contributed by atoms with van der Waals surface area (Å²) >= 11 is 3.50. The minimum Gasteiger partial charge on any atom is -0.480 e. The van der Waals surface area contributed by atoms with E-state index in [9.17, 15) is 9.90 Å². The van der Waals surface area contributed by atoms with Gasteiger partial charge in [-0.3, -0.25) is 9.69 Å². The number of aliphatic carboxylic acids is 1. The Kier molecular flexibility index (Phi) is 3.89. The van der Waals surface area contributed by atoms with Gasteiger partial charge in [0.1, 0.15) is 11.7 Å². The normalized spacial score (nSPS) is 28.1. The Morgan fingerprint density at radius 1 is 1.35 bits per heavy atom. The number of nitrogens with zero attached hydrogens (tertiary/aromatic N) is 3. The van der Waals surface area contributed by atoms with Gasteiger partial charge in [0.25, 0.3) is 0 Å². The number of aromatic nitrogens is 2. The molecule has 1 saturated heterocycles. The number of carboxylic acids is 1. The Morgan fingerprint density at radius 3 is 3.00 bits per heavy atom. The van der Waals surface area contributed by atoms with E-state index >= 15 is 0 Å². The lowest BCUT2D eigenvalue weighted by molar-refractivity contribution is -0.142. The maximum Gasteiger partial charge on any atom is 0.320 e. The van der Waals surface area contributed by atoms with Gasteiger partial charge in [-0.25, -0.2) is 4.98 Å². The number of hydrogen-bond donors (Lipinski definition) is 1. The molecule has 0 aromatic carbocycles. The summed E-state index contributed by atoms with van der Waals surface area (Å²) in [4.78, 5) is 18.4. The topological polar surface area (TPSA) is 57.8 Å². The quantitative estimate of drug-likeness (QED) is 0.891. The van der Waals surface area contributed by atoms with Gasteiger partial charge < -0.3 is 9.51 Å². The van der Waals surface area contributed by atoms with E-state index < -0.39 is 5.97 Å². The molecule has 1 aliphatic heterocycles. The van der Waals surface area contributed by atoms with Crippen LogP contribution in [0.25, 0.3) is 5.65 Å². The van der Waals surface area contributed by atoms with Gasteiger partial charge in [-0.15, -0.1) is 0 Å². The standard InChI is InChI=1S/C17H20BrN3O2/c18-12-5-6-16-19-8-13(20(16)9-12)10-21-14-4-2-1-3-11(14)7-15(21)17(22)23/h5-6,8-9,11,14-15H,1-4,7,10H2,(H,22,23). The van der Waals surface area contributed by atoms with Crippen molar-refractivity contribution in [2.24, 2.45) is 5.92 Å². The smallest absolute Gasteiger partial charge is 0.320 e. The number of carboxylic acid groups (broad SMARTS) is 1. The SMILES string of the molecule is O=C(O)C1CC2CCCCC2N1Cc1cnc2ccc(Br)cn12. The number of rotatable bonds is 3. The van der Waals surface area contributed by atoms with Gasteiger partial charge in [-0.1, -0.05) is 12.8 Å². The highest BCUT2D eigenvalue weighted by molar-refractivity contribution is 9.10. The van der Waals surface area contributed by atoms with Crippen LogP contribution in [0.1, 0.15) is 37.8 Å². The van der Waals surface area contributed by atoms with Crippen LogP contribution < -0.4 is 0 Å². The highest BCUT2D eigenvalue weighted by Gasteiger charge is 2.45. The van der Waals surface area contributed by atoms with Crippen LogP contribution in [0.5, 0.6) is 0 Å². The summed E-state index contributed by atoms with van der Waals surface area (Å²) in [7, 11) is 0. The van der Waals surface area contributed by atoms with Gasteiger partial charge in [0.2, 0.25) is 0 Å². The molecule has 0 bridgehead atoms. The molecule has 1 N–H and O–H groups in total. The molecule has 2 aromatic rings. The average Bonchev–Trinajstić information content (AvgIpc) is 3.10. The van der Waals surface area contributed by atoms with E-state index in [-0.39, 0.29) is 6.04 Å². The Bertz CT molecular complexity index is 745. The summed E-state index contributed by atoms with van der Waals surface area (Å²) in [5, 5.41) is 9.65. The molecular formula is C17H20BrN3O2. The molecule has 2 fully saturated rings. The number of likely N-dealkylation sites (tertiary alicyclic amines) is 1. The molecule has 3 heterocycles. The molecule has 122 valence electrons. The lowest BCUT2D eigenvalue weighted by Crippen LogP contribution is -2.41. The van der Waals surface area contributed by atoms with Crippen molar-refractivity contribution in [2.45, 2.75) is 50.7 Å². The highest BCUT2D eigenvalue weighted by atomic mass is 79.9. The first-order valence-corrected chi connectivity index (χ1v) is 9.03. The summed E-state index contributed by atoms with van der Waals surface area (Å²) in [5.74, 6) is -0.148. The lowest BCUT2D eigenvalue weighted by atomic mass is 9.85. The van der Waals surface area contributed by atoms with E-state index in [1.165, 1.54) is 19.3 Å². The van der Waals surface area contributed by atoms with Crippen molar-refractivity contribution < 1.29 is 9.90 Å². The van der Waals surface area contributed by atoms with Crippen molar-refractivity contribution in [3.8, 4) is 0 Å². The number of hydrogen-bond acceptors (Lipinski definition) is 3. The van der Waals surface area contributed by atoms with Crippen molar-refractivity contribution in [1.82, 2.24) is 14.3 Å². The van der Waals surface area contributed by atoms with Crippen LogP contribution in [-0.2, 0) is 11.3 Å². The van der Waals surface area contributed by atoms with Crippen LogP contribution in [0.4, 0.5) is 0 Å². The number of fused-ring (bicyclic) bond motifs is 2. The Labute approximate surface area is 143 Å². The second-order valence-electron chi connectivity index (χ2n) is 6.70. The molecule has 1 saturated carbocycles. The first-order valence-electron chi connectivity index (χ1n) is 8.23. The Hall–Kier alpha value is -1.40. The fourth-order valence-electron chi connectivity index (χ4n) is 4.33. The molecule has 5 nitrogen and oxygen atoms in total. The van der Waals surface area contributed by atoms with Gasteiger partial charge in [0.05, 0.1) is 11.9 Å². The molecular weight excluding hydrogens is 358 g/mol. The second kappa shape index (κ2) is 5.91. The average molecular weight is 378 g/mol.